The number of benzene rings is 4. The molecule has 14 heteroatoms. The molecule has 0 radical (unpaired) electrons. The van der Waals surface area contributed by atoms with Gasteiger partial charge in [0, 0.05) is 31.9 Å². The summed E-state index contributed by atoms with van der Waals surface area (Å²) in [4.78, 5) is 82.2. The van der Waals surface area contributed by atoms with Crippen LogP contribution in [0.15, 0.2) is 109 Å². The van der Waals surface area contributed by atoms with Crippen molar-refractivity contribution in [2.75, 3.05) is 26.4 Å². The molecular weight excluding hydrogens is 791 g/mol. The molecule has 1 heterocycles. The molecule has 5 N–H and O–H groups in total. The minimum atomic E-state index is -1.28. The Kier molecular flexibility index (Phi) is 15.8. The molecule has 1 aliphatic heterocycles. The molecule has 1 aliphatic carbocycles. The number of nitrogens with zero attached hydrogens (tertiary/aromatic N) is 1. The van der Waals surface area contributed by atoms with E-state index in [0.29, 0.717) is 43.5 Å². The first-order valence-electron chi connectivity index (χ1n) is 21.3. The van der Waals surface area contributed by atoms with Gasteiger partial charge in [-0.2, -0.15) is 0 Å². The van der Waals surface area contributed by atoms with E-state index in [2.05, 4.69) is 33.4 Å². The number of carboxylic acid groups (broad SMARTS) is 1. The molecule has 62 heavy (non-hydrogen) atoms. The van der Waals surface area contributed by atoms with Gasteiger partial charge in [0.1, 0.15) is 36.8 Å². The number of nitrogens with one attached hydrogen (secondary N) is 4. The second-order valence-corrected chi connectivity index (χ2v) is 15.7. The fraction of sp³-hybridized carbons (Fsp3) is 0.375. The van der Waals surface area contributed by atoms with E-state index in [9.17, 15) is 33.9 Å². The lowest BCUT2D eigenvalue weighted by Gasteiger charge is -2.27. The largest absolute Gasteiger partial charge is 0.480 e. The molecule has 0 unspecified atom stereocenters. The van der Waals surface area contributed by atoms with Gasteiger partial charge in [-0.05, 0) is 59.6 Å². The Morgan fingerprint density at radius 2 is 1.23 bits per heavy atom. The molecule has 0 bridgehead atoms. The summed E-state index contributed by atoms with van der Waals surface area (Å²) in [5.74, 6) is -4.08. The van der Waals surface area contributed by atoms with Crippen LogP contribution in [0.1, 0.15) is 67.7 Å². The Morgan fingerprint density at radius 1 is 0.694 bits per heavy atom. The minimum absolute atomic E-state index is 0.0196. The highest BCUT2D eigenvalue weighted by atomic mass is 16.6. The number of likely N-dealkylation sites (tertiary alicyclic amines) is 1. The minimum Gasteiger partial charge on any atom is -0.480 e. The van der Waals surface area contributed by atoms with Crippen LogP contribution in [0, 0.1) is 0 Å². The topological polar surface area (TPSA) is 192 Å². The summed E-state index contributed by atoms with van der Waals surface area (Å²) >= 11 is 0. The van der Waals surface area contributed by atoms with Gasteiger partial charge >= 0.3 is 12.1 Å². The van der Waals surface area contributed by atoms with Crippen LogP contribution in [-0.2, 0) is 46.3 Å². The summed E-state index contributed by atoms with van der Waals surface area (Å²) in [5, 5.41) is 20.7. The van der Waals surface area contributed by atoms with E-state index < -0.39 is 65.9 Å². The molecule has 0 saturated carbocycles. The lowest BCUT2D eigenvalue weighted by molar-refractivity contribution is -0.142. The molecule has 1 saturated heterocycles. The first-order chi connectivity index (χ1) is 30.0. The molecule has 1 fully saturated rings. The van der Waals surface area contributed by atoms with Crippen LogP contribution in [-0.4, -0.2) is 102 Å². The van der Waals surface area contributed by atoms with Gasteiger partial charge in [0.2, 0.25) is 23.6 Å². The zero-order chi connectivity index (χ0) is 44.0. The van der Waals surface area contributed by atoms with Crippen LogP contribution in [0.5, 0.6) is 0 Å². The van der Waals surface area contributed by atoms with Gasteiger partial charge in [0.15, 0.2) is 0 Å². The van der Waals surface area contributed by atoms with Gasteiger partial charge in [0.25, 0.3) is 0 Å². The van der Waals surface area contributed by atoms with Crippen molar-refractivity contribution in [3.8, 4) is 11.1 Å². The molecular formula is C48H55N5O9. The van der Waals surface area contributed by atoms with E-state index in [-0.39, 0.29) is 32.0 Å². The summed E-state index contributed by atoms with van der Waals surface area (Å²) in [7, 11) is 0. The number of amides is 5. The van der Waals surface area contributed by atoms with Crippen molar-refractivity contribution < 1.29 is 43.3 Å². The fourth-order valence-electron chi connectivity index (χ4n) is 7.89. The highest BCUT2D eigenvalue weighted by Crippen LogP contribution is 2.44. The van der Waals surface area contributed by atoms with E-state index in [1.165, 1.54) is 11.8 Å². The maximum atomic E-state index is 14.0. The summed E-state index contributed by atoms with van der Waals surface area (Å²) in [6, 6.07) is 28.1. The number of hydrogen-bond donors (Lipinski definition) is 5. The van der Waals surface area contributed by atoms with E-state index >= 15 is 0 Å². The Hall–Kier alpha value is -6.54. The molecule has 14 nitrogen and oxygen atoms in total. The summed E-state index contributed by atoms with van der Waals surface area (Å²) < 4.78 is 11.6. The second kappa shape index (κ2) is 21.8. The molecule has 2 aliphatic rings. The third-order valence-corrected chi connectivity index (χ3v) is 11.3. The number of aliphatic carboxylic acids is 1. The first-order valence-corrected chi connectivity index (χ1v) is 21.3. The monoisotopic (exact) mass is 845 g/mol. The van der Waals surface area contributed by atoms with Gasteiger partial charge in [-0.15, -0.1) is 0 Å². The van der Waals surface area contributed by atoms with Crippen molar-refractivity contribution >= 4 is 35.7 Å². The van der Waals surface area contributed by atoms with E-state index in [0.717, 1.165) is 28.7 Å². The highest BCUT2D eigenvalue weighted by molar-refractivity contribution is 5.96. The average Bonchev–Trinajstić information content (AvgIpc) is 3.90. The maximum Gasteiger partial charge on any atom is 0.410 e. The Morgan fingerprint density at radius 3 is 1.82 bits per heavy atom. The zero-order valence-electron chi connectivity index (χ0n) is 35.1. The van der Waals surface area contributed by atoms with Crippen LogP contribution >= 0.6 is 0 Å². The molecule has 4 aromatic carbocycles. The van der Waals surface area contributed by atoms with E-state index in [1.54, 1.807) is 54.6 Å². The van der Waals surface area contributed by atoms with Gasteiger partial charge in [0.05, 0.1) is 6.61 Å². The lowest BCUT2D eigenvalue weighted by atomic mass is 9.98. The summed E-state index contributed by atoms with van der Waals surface area (Å²) in [6.07, 6.45) is 1.90. The van der Waals surface area contributed by atoms with E-state index in [4.69, 9.17) is 9.47 Å². The molecule has 5 amide bonds. The number of carboxylic acids is 1. The Labute approximate surface area is 361 Å². The van der Waals surface area contributed by atoms with Crippen LogP contribution in [0.3, 0.4) is 0 Å². The summed E-state index contributed by atoms with van der Waals surface area (Å²) in [6.45, 7) is 3.93. The van der Waals surface area contributed by atoms with Crippen molar-refractivity contribution in [1.82, 2.24) is 26.2 Å². The predicted octanol–water partition coefficient (Wildman–Crippen LogP) is 4.75. The molecule has 0 aromatic heterocycles. The molecule has 6 rings (SSSR count). The number of carbonyl (C=O) groups excluding carboxylic acids is 5. The van der Waals surface area contributed by atoms with Gasteiger partial charge in [-0.3, -0.25) is 24.1 Å². The van der Waals surface area contributed by atoms with Crippen molar-refractivity contribution in [1.29, 1.82) is 0 Å². The first kappa shape index (κ1) is 45.0. The van der Waals surface area contributed by atoms with Gasteiger partial charge in [-0.1, -0.05) is 123 Å². The molecule has 0 spiro atoms. The molecule has 4 aromatic rings. The third kappa shape index (κ3) is 11.6. The fourth-order valence-corrected chi connectivity index (χ4v) is 7.89. The average molecular weight is 846 g/mol. The van der Waals surface area contributed by atoms with Crippen molar-refractivity contribution in [3.05, 3.63) is 131 Å². The van der Waals surface area contributed by atoms with Gasteiger partial charge in [-0.25, -0.2) is 9.59 Å². The number of rotatable bonds is 20. The highest BCUT2D eigenvalue weighted by Gasteiger charge is 2.38. The van der Waals surface area contributed by atoms with Crippen LogP contribution in [0.4, 0.5) is 4.79 Å². The molecule has 5 atom stereocenters. The van der Waals surface area contributed by atoms with Crippen molar-refractivity contribution in [2.45, 2.75) is 88.5 Å². The zero-order valence-corrected chi connectivity index (χ0v) is 35.1. The Bertz CT molecular complexity index is 2140. The number of ether oxygens (including phenoxy) is 2. The quantitative estimate of drug-likeness (QED) is 0.0782. The third-order valence-electron chi connectivity index (χ3n) is 11.3. The van der Waals surface area contributed by atoms with Crippen molar-refractivity contribution in [2.24, 2.45) is 0 Å². The normalized spacial score (nSPS) is 16.2. The number of unbranched alkanes of at least 4 members (excludes halogenated alkanes) is 1. The summed E-state index contributed by atoms with van der Waals surface area (Å²) in [5.41, 5.74) is 5.75. The van der Waals surface area contributed by atoms with Crippen LogP contribution < -0.4 is 21.3 Å². The molecule has 326 valence electrons. The number of fused-ring (bicyclic) bond motifs is 3. The standard InChI is InChI=1S/C48H55N5O9/c1-3-4-26-61-30-41(45(56)50-39(27-32-16-7-5-8-17-32)44(55)51-40(47(58)59)28-33-18-9-6-10-19-33)52-43(54)31(2)49-46(57)42-24-15-25-53(42)48(60)62-29-38-36-22-13-11-20-34(36)35-21-12-14-23-37(35)38/h5-14,16-23,31,38-42H,3-4,15,24-30H2,1-2H3,(H,49,57)(H,50,56)(H,51,55)(H,52,54)(H,58,59)/t31-,39-,40-,41-,42-/m0/s1. The van der Waals surface area contributed by atoms with E-state index in [1.807, 2.05) is 49.4 Å². The van der Waals surface area contributed by atoms with Crippen molar-refractivity contribution in [3.63, 3.8) is 0 Å². The van der Waals surface area contributed by atoms with Gasteiger partial charge < -0.3 is 35.8 Å². The van der Waals surface area contributed by atoms with Crippen LogP contribution in [0.2, 0.25) is 0 Å². The SMILES string of the molecule is CCCCOC[C@H](NC(=O)[C@H](C)NC(=O)[C@@H]1CCCN1C(=O)OCC1c2ccccc2-c2ccccc21)C(=O)N[C@@H](Cc1ccccc1)C(=O)N[C@@H](Cc1ccccc1)C(=O)O. The Balaban J connectivity index is 1.08. The number of carbonyl (C=O) groups is 6. The van der Waals surface area contributed by atoms with Crippen LogP contribution in [0.25, 0.3) is 11.1 Å². The second-order valence-electron chi connectivity index (χ2n) is 15.7. The smallest absolute Gasteiger partial charge is 0.410 e. The number of hydrogen-bond acceptors (Lipinski definition) is 8. The lowest BCUT2D eigenvalue weighted by Crippen LogP contribution is -2.59. The maximum absolute atomic E-state index is 14.0. The predicted molar refractivity (Wildman–Crippen MR) is 232 cm³/mol.